The van der Waals surface area contributed by atoms with Crippen molar-refractivity contribution in [2.45, 2.75) is 70.6 Å². The van der Waals surface area contributed by atoms with Crippen molar-refractivity contribution in [2.24, 2.45) is 17.3 Å². The Morgan fingerprint density at radius 2 is 1.96 bits per heavy atom. The quantitative estimate of drug-likeness (QED) is 0.436. The molecular weight excluding hydrogens is 322 g/mol. The summed E-state index contributed by atoms with van der Waals surface area (Å²) in [6.45, 7) is 2.06. The fourth-order valence-electron chi connectivity index (χ4n) is 5.26. The van der Waals surface area contributed by atoms with Crippen LogP contribution in [0.2, 0.25) is 0 Å². The van der Waals surface area contributed by atoms with Crippen LogP contribution in [0, 0.1) is 17.3 Å². The minimum Gasteiger partial charge on any atom is -0.481 e. The lowest BCUT2D eigenvalue weighted by molar-refractivity contribution is -0.142. The first kappa shape index (κ1) is 19.0. The number of carbonyl (C=O) groups is 1. The van der Waals surface area contributed by atoms with Gasteiger partial charge in [-0.15, -0.1) is 0 Å². The van der Waals surface area contributed by atoms with Gasteiger partial charge < -0.3 is 10.8 Å². The van der Waals surface area contributed by atoms with E-state index in [9.17, 15) is 9.90 Å². The lowest BCUT2D eigenvalue weighted by Crippen LogP contribution is -2.22. The first-order valence-corrected chi connectivity index (χ1v) is 10.3. The van der Waals surface area contributed by atoms with E-state index in [2.05, 4.69) is 19.1 Å². The molecule has 3 nitrogen and oxygen atoms in total. The lowest BCUT2D eigenvalue weighted by atomic mass is 9.79. The molecule has 0 radical (unpaired) electrons. The Morgan fingerprint density at radius 3 is 2.50 bits per heavy atom. The molecule has 2 aliphatic carbocycles. The number of carboxylic acids is 1. The molecule has 0 amide bonds. The highest BCUT2D eigenvalue weighted by atomic mass is 16.4. The van der Waals surface area contributed by atoms with Crippen LogP contribution in [-0.4, -0.2) is 11.1 Å². The summed E-state index contributed by atoms with van der Waals surface area (Å²) in [6, 6.07) is 7.76. The second kappa shape index (κ2) is 8.28. The number of fused-ring (bicyclic) bond motifs is 2. The van der Waals surface area contributed by atoms with Gasteiger partial charge in [0.05, 0.1) is 5.92 Å². The van der Waals surface area contributed by atoms with Gasteiger partial charge in [-0.2, -0.15) is 0 Å². The Morgan fingerprint density at radius 1 is 1.27 bits per heavy atom. The van der Waals surface area contributed by atoms with E-state index in [1.54, 1.807) is 0 Å². The molecule has 0 aliphatic heterocycles. The van der Waals surface area contributed by atoms with E-state index in [0.717, 1.165) is 30.0 Å². The predicted octanol–water partition coefficient (Wildman–Crippen LogP) is 5.77. The van der Waals surface area contributed by atoms with Gasteiger partial charge in [0.15, 0.2) is 0 Å². The zero-order valence-electron chi connectivity index (χ0n) is 16.0. The number of nitrogen functional groups attached to an aromatic ring is 1. The fraction of sp³-hybridized carbons (Fsp3) is 0.609. The van der Waals surface area contributed by atoms with E-state index >= 15 is 0 Å². The minimum atomic E-state index is -0.685. The monoisotopic (exact) mass is 355 g/mol. The molecule has 2 aliphatic rings. The van der Waals surface area contributed by atoms with Crippen molar-refractivity contribution in [3.8, 4) is 0 Å². The molecule has 2 unspecified atom stereocenters. The van der Waals surface area contributed by atoms with Gasteiger partial charge >= 0.3 is 5.97 Å². The topological polar surface area (TPSA) is 63.3 Å². The molecule has 0 aromatic heterocycles. The summed E-state index contributed by atoms with van der Waals surface area (Å²) in [6.07, 6.45) is 15.2. The summed E-state index contributed by atoms with van der Waals surface area (Å²) < 4.78 is 0. The molecule has 1 aromatic carbocycles. The third-order valence-electron chi connectivity index (χ3n) is 6.76. The molecule has 0 saturated heterocycles. The van der Waals surface area contributed by atoms with E-state index < -0.39 is 5.97 Å². The smallest absolute Gasteiger partial charge is 0.307 e. The van der Waals surface area contributed by atoms with Crippen molar-refractivity contribution in [2.75, 3.05) is 5.73 Å². The van der Waals surface area contributed by atoms with Crippen molar-refractivity contribution in [1.82, 2.24) is 0 Å². The third-order valence-corrected chi connectivity index (χ3v) is 6.76. The standard InChI is InChI=1S/C23H33NO2/c1-2-5-21(22(25)26)20(18-7-9-19(24)10-8-18)6-3-4-13-23-14-11-17(16-23)12-15-23/h3-4,7-10,17,20-21H,2,5-6,11-16,24H2,1H3,(H,25,26). The van der Waals surface area contributed by atoms with Gasteiger partial charge in [-0.3, -0.25) is 4.79 Å². The summed E-state index contributed by atoms with van der Waals surface area (Å²) in [5.41, 5.74) is 8.19. The normalized spacial score (nSPS) is 27.0. The number of allylic oxidation sites excluding steroid dienone is 2. The molecule has 26 heavy (non-hydrogen) atoms. The molecule has 2 fully saturated rings. The largest absolute Gasteiger partial charge is 0.481 e. The Hall–Kier alpha value is -1.77. The van der Waals surface area contributed by atoms with E-state index in [-0.39, 0.29) is 11.8 Å². The van der Waals surface area contributed by atoms with Crippen LogP contribution in [0.15, 0.2) is 36.4 Å². The molecule has 0 spiro atoms. The average Bonchev–Trinajstić information content (AvgIpc) is 3.22. The van der Waals surface area contributed by atoms with Crippen molar-refractivity contribution in [3.63, 3.8) is 0 Å². The van der Waals surface area contributed by atoms with Gasteiger partial charge in [0, 0.05) is 11.6 Å². The number of hydrogen-bond acceptors (Lipinski definition) is 2. The number of hydrogen-bond donors (Lipinski definition) is 2. The molecule has 2 bridgehead atoms. The Labute approximate surface area is 157 Å². The number of rotatable bonds is 9. The first-order chi connectivity index (χ1) is 12.5. The van der Waals surface area contributed by atoms with Crippen LogP contribution in [0.25, 0.3) is 0 Å². The molecule has 3 rings (SSSR count). The molecule has 2 saturated carbocycles. The average molecular weight is 356 g/mol. The maximum atomic E-state index is 11.9. The lowest BCUT2D eigenvalue weighted by Gasteiger charge is -2.25. The van der Waals surface area contributed by atoms with E-state index in [1.165, 1.54) is 38.5 Å². The maximum absolute atomic E-state index is 11.9. The number of nitrogens with two attached hydrogens (primary N) is 1. The van der Waals surface area contributed by atoms with Crippen LogP contribution < -0.4 is 5.73 Å². The Kier molecular flexibility index (Phi) is 6.05. The van der Waals surface area contributed by atoms with Crippen LogP contribution in [-0.2, 0) is 4.79 Å². The molecule has 3 heteroatoms. The fourth-order valence-corrected chi connectivity index (χ4v) is 5.26. The van der Waals surface area contributed by atoms with Crippen molar-refractivity contribution < 1.29 is 9.90 Å². The van der Waals surface area contributed by atoms with Gasteiger partial charge in [0.25, 0.3) is 0 Å². The van der Waals surface area contributed by atoms with E-state index in [1.807, 2.05) is 24.3 Å². The Balaban J connectivity index is 1.69. The van der Waals surface area contributed by atoms with Gasteiger partial charge in [0.2, 0.25) is 0 Å². The van der Waals surface area contributed by atoms with Gasteiger partial charge in [-0.25, -0.2) is 0 Å². The maximum Gasteiger partial charge on any atom is 0.307 e. The van der Waals surface area contributed by atoms with Crippen LogP contribution >= 0.6 is 0 Å². The molecule has 1 aromatic rings. The van der Waals surface area contributed by atoms with Crippen LogP contribution in [0.1, 0.15) is 76.2 Å². The van der Waals surface area contributed by atoms with E-state index in [0.29, 0.717) is 11.8 Å². The highest BCUT2D eigenvalue weighted by Crippen LogP contribution is 2.56. The SMILES string of the molecule is CCCC(C(=O)O)C(CC=CCC12CCC(CC1)C2)c1ccc(N)cc1. The van der Waals surface area contributed by atoms with Gasteiger partial charge in [-0.1, -0.05) is 37.6 Å². The van der Waals surface area contributed by atoms with E-state index in [4.69, 9.17) is 5.73 Å². The number of aliphatic carboxylic acids is 1. The summed E-state index contributed by atoms with van der Waals surface area (Å²) in [4.78, 5) is 11.9. The number of benzene rings is 1. The number of anilines is 1. The summed E-state index contributed by atoms with van der Waals surface area (Å²) in [5, 5.41) is 9.76. The number of carboxylic acid groups (broad SMARTS) is 1. The first-order valence-electron chi connectivity index (χ1n) is 10.3. The summed E-state index contributed by atoms with van der Waals surface area (Å²) >= 11 is 0. The highest BCUT2D eigenvalue weighted by molar-refractivity contribution is 5.71. The third kappa shape index (κ3) is 4.31. The van der Waals surface area contributed by atoms with Crippen LogP contribution in [0.5, 0.6) is 0 Å². The van der Waals surface area contributed by atoms with Crippen molar-refractivity contribution >= 4 is 11.7 Å². The second-order valence-corrected chi connectivity index (χ2v) is 8.57. The van der Waals surface area contributed by atoms with Gasteiger partial charge in [-0.05, 0) is 80.4 Å². The zero-order chi connectivity index (χ0) is 18.6. The molecule has 2 atom stereocenters. The van der Waals surface area contributed by atoms with Crippen LogP contribution in [0.3, 0.4) is 0 Å². The van der Waals surface area contributed by atoms with Gasteiger partial charge in [0.1, 0.15) is 0 Å². The Bertz CT molecular complexity index is 626. The summed E-state index contributed by atoms with van der Waals surface area (Å²) in [5.74, 6) is -0.0301. The second-order valence-electron chi connectivity index (χ2n) is 8.57. The molecule has 3 N–H and O–H groups in total. The van der Waals surface area contributed by atoms with Crippen LogP contribution in [0.4, 0.5) is 5.69 Å². The summed E-state index contributed by atoms with van der Waals surface area (Å²) in [7, 11) is 0. The van der Waals surface area contributed by atoms with Crippen molar-refractivity contribution in [1.29, 1.82) is 0 Å². The molecule has 142 valence electrons. The highest BCUT2D eigenvalue weighted by Gasteiger charge is 2.43. The molecular formula is C23H33NO2. The molecule has 0 heterocycles. The minimum absolute atomic E-state index is 0.0155. The van der Waals surface area contributed by atoms with Crippen molar-refractivity contribution in [3.05, 3.63) is 42.0 Å². The zero-order valence-corrected chi connectivity index (χ0v) is 16.0. The predicted molar refractivity (Wildman–Crippen MR) is 107 cm³/mol.